The number of rotatable bonds is 3. The number of Topliss-reactive ketones (excluding diaryl/α,β-unsaturated/α-hetero) is 1. The lowest BCUT2D eigenvalue weighted by Crippen LogP contribution is -3.00. The van der Waals surface area contributed by atoms with Crippen molar-refractivity contribution in [1.29, 1.82) is 0 Å². The average molecular weight is 324 g/mol. The molecule has 3 rings (SSSR count). The second-order valence-electron chi connectivity index (χ2n) is 6.11. The summed E-state index contributed by atoms with van der Waals surface area (Å²) in [5, 5.41) is 0. The number of quaternary nitrogens is 1. The van der Waals surface area contributed by atoms with E-state index in [1.807, 2.05) is 30.3 Å². The molecule has 0 aromatic heterocycles. The van der Waals surface area contributed by atoms with Crippen LogP contribution in [0, 0.1) is 0 Å². The lowest BCUT2D eigenvalue weighted by molar-refractivity contribution is -0.940. The second kappa shape index (κ2) is 5.76. The van der Waals surface area contributed by atoms with Crippen molar-refractivity contribution in [3.05, 3.63) is 35.9 Å². The van der Waals surface area contributed by atoms with E-state index in [1.54, 1.807) is 0 Å². The van der Waals surface area contributed by atoms with Crippen molar-refractivity contribution in [2.75, 3.05) is 13.6 Å². The highest BCUT2D eigenvalue weighted by Crippen LogP contribution is 2.41. The van der Waals surface area contributed by atoms with Crippen LogP contribution in [0.4, 0.5) is 0 Å². The highest BCUT2D eigenvalue weighted by molar-refractivity contribution is 5.96. The first-order valence-electron chi connectivity index (χ1n) is 7.13. The van der Waals surface area contributed by atoms with E-state index in [0.29, 0.717) is 12.3 Å². The lowest BCUT2D eigenvalue weighted by atomic mass is 9.98. The third kappa shape index (κ3) is 2.63. The number of benzene rings is 1. The molecule has 0 spiro atoms. The number of carbonyl (C=O) groups excluding carboxylic acids is 1. The van der Waals surface area contributed by atoms with E-state index in [1.165, 1.54) is 32.1 Å². The molecule has 2 bridgehead atoms. The maximum absolute atomic E-state index is 12.4. The molecule has 3 heteroatoms. The molecule has 104 valence electrons. The van der Waals surface area contributed by atoms with Gasteiger partial charge < -0.3 is 21.5 Å². The van der Waals surface area contributed by atoms with Crippen LogP contribution in [0.25, 0.3) is 0 Å². The molecule has 0 N–H and O–H groups in total. The van der Waals surface area contributed by atoms with Gasteiger partial charge in [0.25, 0.3) is 0 Å². The molecule has 2 nitrogen and oxygen atoms in total. The molecule has 0 aliphatic carbocycles. The first kappa shape index (κ1) is 14.7. The molecule has 2 heterocycles. The van der Waals surface area contributed by atoms with Crippen molar-refractivity contribution in [1.82, 2.24) is 0 Å². The van der Waals surface area contributed by atoms with Crippen molar-refractivity contribution < 1.29 is 26.3 Å². The largest absolute Gasteiger partial charge is 1.00 e. The van der Waals surface area contributed by atoms with E-state index < -0.39 is 0 Å². The highest BCUT2D eigenvalue weighted by atomic mass is 79.9. The maximum atomic E-state index is 12.4. The molecular weight excluding hydrogens is 302 g/mol. The van der Waals surface area contributed by atoms with Gasteiger partial charge >= 0.3 is 0 Å². The van der Waals surface area contributed by atoms with E-state index in [0.717, 1.165) is 22.1 Å². The molecule has 0 radical (unpaired) electrons. The number of hydrogen-bond acceptors (Lipinski definition) is 1. The topological polar surface area (TPSA) is 17.1 Å². The van der Waals surface area contributed by atoms with Gasteiger partial charge in [-0.15, -0.1) is 0 Å². The summed E-state index contributed by atoms with van der Waals surface area (Å²) in [5.41, 5.74) is 0.877. The Hall–Kier alpha value is -0.670. The van der Waals surface area contributed by atoms with Crippen LogP contribution < -0.4 is 17.0 Å². The van der Waals surface area contributed by atoms with E-state index >= 15 is 0 Å². The van der Waals surface area contributed by atoms with Gasteiger partial charge in [-0.1, -0.05) is 30.3 Å². The van der Waals surface area contributed by atoms with Crippen molar-refractivity contribution in [3.63, 3.8) is 0 Å². The smallest absolute Gasteiger partial charge is 0.216 e. The van der Waals surface area contributed by atoms with Gasteiger partial charge in [-0.2, -0.15) is 0 Å². The quantitative estimate of drug-likeness (QED) is 0.567. The fourth-order valence-corrected chi connectivity index (χ4v) is 4.02. The monoisotopic (exact) mass is 323 g/mol. The molecule has 0 saturated carbocycles. The number of fused-ring (bicyclic) bond motifs is 2. The van der Waals surface area contributed by atoms with Gasteiger partial charge in [-0.3, -0.25) is 4.79 Å². The third-order valence-electron chi connectivity index (χ3n) is 5.16. The van der Waals surface area contributed by atoms with Crippen LogP contribution in [-0.4, -0.2) is 35.9 Å². The van der Waals surface area contributed by atoms with Crippen LogP contribution in [0.3, 0.4) is 0 Å². The fraction of sp³-hybridized carbons (Fsp3) is 0.562. The summed E-state index contributed by atoms with van der Waals surface area (Å²) >= 11 is 0. The second-order valence-corrected chi connectivity index (χ2v) is 6.11. The number of hydrogen-bond donors (Lipinski definition) is 0. The summed E-state index contributed by atoms with van der Waals surface area (Å²) in [7, 11) is 2.31. The van der Waals surface area contributed by atoms with E-state index in [2.05, 4.69) is 7.05 Å². The van der Waals surface area contributed by atoms with Crippen molar-refractivity contribution in [2.24, 2.45) is 0 Å². The van der Waals surface area contributed by atoms with Gasteiger partial charge in [0.2, 0.25) is 5.78 Å². The van der Waals surface area contributed by atoms with Crippen molar-refractivity contribution in [3.8, 4) is 0 Å². The predicted octanol–water partition coefficient (Wildman–Crippen LogP) is 0.0348. The minimum atomic E-state index is 0. The molecule has 2 aliphatic rings. The van der Waals surface area contributed by atoms with Crippen LogP contribution >= 0.6 is 0 Å². The standard InChI is InChI=1S/C16H22NO.BrH/c1-17(14-8-5-9-15(17)11-10-14)12-16(18)13-6-3-2-4-7-13;/h2-4,6-7,14-15H,5,8-12H2,1H3;1H/q+1;/p-1. The maximum Gasteiger partial charge on any atom is 0.216 e. The molecule has 2 fully saturated rings. The Morgan fingerprint density at radius 3 is 2.26 bits per heavy atom. The Morgan fingerprint density at radius 1 is 1.11 bits per heavy atom. The van der Waals surface area contributed by atoms with Crippen LogP contribution in [0.5, 0.6) is 0 Å². The molecule has 2 unspecified atom stereocenters. The van der Waals surface area contributed by atoms with Crippen LogP contribution in [0.1, 0.15) is 42.5 Å². The SMILES string of the molecule is C[N+]1(CC(=O)c2ccccc2)C2CCCC1CC2.[Br-]. The van der Waals surface area contributed by atoms with Gasteiger partial charge in [0.1, 0.15) is 6.54 Å². The number of halogens is 1. The zero-order valence-electron chi connectivity index (χ0n) is 11.5. The Kier molecular flexibility index (Phi) is 4.46. The Labute approximate surface area is 126 Å². The molecule has 0 amide bonds. The highest BCUT2D eigenvalue weighted by Gasteiger charge is 2.49. The molecular formula is C16H22BrNO. The summed E-state index contributed by atoms with van der Waals surface area (Å²) < 4.78 is 1.01. The number of likely N-dealkylation sites (N-methyl/N-ethyl adjacent to an activating group) is 1. The third-order valence-corrected chi connectivity index (χ3v) is 5.16. The zero-order valence-corrected chi connectivity index (χ0v) is 13.1. The average Bonchev–Trinajstić information content (AvgIpc) is 2.60. The van der Waals surface area contributed by atoms with Gasteiger partial charge in [-0.25, -0.2) is 0 Å². The molecule has 1 aromatic rings. The number of nitrogens with zero attached hydrogens (tertiary/aromatic N) is 1. The van der Waals surface area contributed by atoms with Gasteiger partial charge in [0, 0.05) is 18.4 Å². The first-order valence-corrected chi connectivity index (χ1v) is 7.13. The number of carbonyl (C=O) groups is 1. The number of ketones is 1. The Balaban J connectivity index is 0.00000133. The van der Waals surface area contributed by atoms with E-state index in [4.69, 9.17) is 0 Å². The minimum Gasteiger partial charge on any atom is -1.00 e. The molecule has 1 aromatic carbocycles. The van der Waals surface area contributed by atoms with Gasteiger partial charge in [-0.05, 0) is 19.3 Å². The normalized spacial score (nSPS) is 32.7. The van der Waals surface area contributed by atoms with E-state index in [9.17, 15) is 4.79 Å². The molecule has 2 atom stereocenters. The Morgan fingerprint density at radius 2 is 1.68 bits per heavy atom. The van der Waals surface area contributed by atoms with E-state index in [-0.39, 0.29) is 17.0 Å². The summed E-state index contributed by atoms with van der Waals surface area (Å²) in [5.74, 6) is 0.317. The molecule has 19 heavy (non-hydrogen) atoms. The van der Waals surface area contributed by atoms with Gasteiger partial charge in [0.05, 0.1) is 19.1 Å². The summed E-state index contributed by atoms with van der Waals surface area (Å²) in [6.07, 6.45) is 6.64. The van der Waals surface area contributed by atoms with Crippen molar-refractivity contribution in [2.45, 2.75) is 44.2 Å². The first-order chi connectivity index (χ1) is 8.70. The van der Waals surface area contributed by atoms with Crippen LogP contribution in [-0.2, 0) is 0 Å². The number of piperidine rings is 1. The predicted molar refractivity (Wildman–Crippen MR) is 72.5 cm³/mol. The summed E-state index contributed by atoms with van der Waals surface area (Å²) in [6, 6.07) is 11.2. The van der Waals surface area contributed by atoms with Crippen LogP contribution in [0.15, 0.2) is 30.3 Å². The lowest BCUT2D eigenvalue weighted by Gasteiger charge is -2.44. The minimum absolute atomic E-state index is 0. The molecule has 2 saturated heterocycles. The molecule has 2 aliphatic heterocycles. The summed E-state index contributed by atoms with van der Waals surface area (Å²) in [4.78, 5) is 12.4. The van der Waals surface area contributed by atoms with Crippen LogP contribution in [0.2, 0.25) is 0 Å². The van der Waals surface area contributed by atoms with Crippen molar-refractivity contribution >= 4 is 5.78 Å². The summed E-state index contributed by atoms with van der Waals surface area (Å²) in [6.45, 7) is 0.694. The Bertz CT molecular complexity index is 429. The zero-order chi connectivity index (χ0) is 12.6. The fourth-order valence-electron chi connectivity index (χ4n) is 4.02. The van der Waals surface area contributed by atoms with Gasteiger partial charge in [0.15, 0.2) is 0 Å².